The number of hydrogen-bond donors (Lipinski definition) is 0. The van der Waals surface area contributed by atoms with Gasteiger partial charge in [-0.15, -0.1) is 0 Å². The minimum Gasteiger partial charge on any atom is -0.0845 e. The van der Waals surface area contributed by atoms with Crippen molar-refractivity contribution in [2.24, 2.45) is 29.1 Å². The maximum absolute atomic E-state index is 2.61. The van der Waals surface area contributed by atoms with E-state index in [0.717, 1.165) is 23.7 Å². The molecule has 19 heavy (non-hydrogen) atoms. The van der Waals surface area contributed by atoms with Crippen molar-refractivity contribution >= 4 is 0 Å². The van der Waals surface area contributed by atoms with Gasteiger partial charge < -0.3 is 0 Å². The number of fused-ring (bicyclic) bond motifs is 3. The highest BCUT2D eigenvalue weighted by Gasteiger charge is 2.52. The van der Waals surface area contributed by atoms with Gasteiger partial charge in [0.25, 0.3) is 0 Å². The Bertz CT molecular complexity index is 389. The second kappa shape index (κ2) is 5.11. The van der Waals surface area contributed by atoms with Crippen LogP contribution in [0.5, 0.6) is 0 Å². The van der Waals surface area contributed by atoms with Crippen LogP contribution in [-0.4, -0.2) is 0 Å². The van der Waals surface area contributed by atoms with Crippen LogP contribution >= 0.6 is 0 Å². The molecule has 0 N–H and O–H groups in total. The lowest BCUT2D eigenvalue weighted by atomic mass is 9.56. The van der Waals surface area contributed by atoms with Gasteiger partial charge in [-0.3, -0.25) is 0 Å². The first-order valence-corrected chi connectivity index (χ1v) is 8.52. The predicted octanol–water partition coefficient (Wildman–Crippen LogP) is 5.75. The summed E-state index contributed by atoms with van der Waals surface area (Å²) in [6, 6.07) is 0. The number of rotatable bonds is 1. The van der Waals surface area contributed by atoms with Crippen LogP contribution in [0.25, 0.3) is 0 Å². The zero-order chi connectivity index (χ0) is 13.5. The summed E-state index contributed by atoms with van der Waals surface area (Å²) in [5.41, 5.74) is 2.39. The Morgan fingerprint density at radius 1 is 1.21 bits per heavy atom. The molecule has 2 saturated carbocycles. The van der Waals surface area contributed by atoms with E-state index < -0.39 is 0 Å². The molecule has 3 aliphatic carbocycles. The fourth-order valence-corrected chi connectivity index (χ4v) is 5.49. The summed E-state index contributed by atoms with van der Waals surface area (Å²) < 4.78 is 0. The molecule has 0 bridgehead atoms. The molecular formula is C19H30. The molecule has 0 spiro atoms. The zero-order valence-electron chi connectivity index (χ0n) is 13.0. The number of allylic oxidation sites excluding steroid dienone is 4. The summed E-state index contributed by atoms with van der Waals surface area (Å²) in [7, 11) is 0. The lowest BCUT2D eigenvalue weighted by molar-refractivity contribution is 0.0239. The SMILES string of the molecule is CC/C1=C\C=C/CCC2C1CCC1(C)C(C)CCC21. The Hall–Kier alpha value is -0.520. The lowest BCUT2D eigenvalue weighted by Gasteiger charge is -2.49. The molecule has 0 heteroatoms. The second-order valence-electron chi connectivity index (χ2n) is 7.50. The van der Waals surface area contributed by atoms with Crippen molar-refractivity contribution in [3.63, 3.8) is 0 Å². The highest BCUT2D eigenvalue weighted by Crippen LogP contribution is 2.60. The van der Waals surface area contributed by atoms with Crippen molar-refractivity contribution in [3.05, 3.63) is 23.8 Å². The fraction of sp³-hybridized carbons (Fsp3) is 0.789. The van der Waals surface area contributed by atoms with Crippen LogP contribution in [-0.2, 0) is 0 Å². The molecule has 3 aliphatic rings. The van der Waals surface area contributed by atoms with Gasteiger partial charge in [0.1, 0.15) is 0 Å². The third-order valence-corrected chi connectivity index (χ3v) is 6.91. The Labute approximate surface area is 119 Å². The molecule has 2 fully saturated rings. The molecule has 0 radical (unpaired) electrons. The van der Waals surface area contributed by atoms with Gasteiger partial charge in [-0.1, -0.05) is 44.6 Å². The highest BCUT2D eigenvalue weighted by atomic mass is 14.6. The van der Waals surface area contributed by atoms with Gasteiger partial charge in [-0.05, 0) is 74.0 Å². The van der Waals surface area contributed by atoms with Crippen LogP contribution in [0, 0.1) is 29.1 Å². The Balaban J connectivity index is 1.91. The largest absolute Gasteiger partial charge is 0.0845 e. The van der Waals surface area contributed by atoms with Crippen LogP contribution in [0.1, 0.15) is 65.7 Å². The van der Waals surface area contributed by atoms with E-state index in [4.69, 9.17) is 0 Å². The first-order chi connectivity index (χ1) is 9.16. The second-order valence-corrected chi connectivity index (χ2v) is 7.50. The quantitative estimate of drug-likeness (QED) is 0.561. The average Bonchev–Trinajstić information content (AvgIpc) is 2.67. The van der Waals surface area contributed by atoms with Gasteiger partial charge in [-0.25, -0.2) is 0 Å². The molecule has 0 heterocycles. The van der Waals surface area contributed by atoms with Crippen molar-refractivity contribution in [3.8, 4) is 0 Å². The van der Waals surface area contributed by atoms with E-state index in [1.807, 2.05) is 0 Å². The Morgan fingerprint density at radius 2 is 2.05 bits per heavy atom. The van der Waals surface area contributed by atoms with E-state index in [-0.39, 0.29) is 0 Å². The first kappa shape index (κ1) is 13.5. The summed E-state index contributed by atoms with van der Waals surface area (Å²) in [5.74, 6) is 3.83. The molecule has 0 aromatic rings. The van der Waals surface area contributed by atoms with Gasteiger partial charge in [0.15, 0.2) is 0 Å². The van der Waals surface area contributed by atoms with Crippen LogP contribution in [0.15, 0.2) is 23.8 Å². The van der Waals surface area contributed by atoms with Crippen molar-refractivity contribution in [1.29, 1.82) is 0 Å². The van der Waals surface area contributed by atoms with E-state index in [1.54, 1.807) is 5.57 Å². The lowest BCUT2D eigenvalue weighted by Crippen LogP contribution is -2.41. The molecular weight excluding hydrogens is 228 g/mol. The molecule has 0 saturated heterocycles. The smallest absolute Gasteiger partial charge is 0.0169 e. The molecule has 5 atom stereocenters. The third kappa shape index (κ3) is 2.12. The third-order valence-electron chi connectivity index (χ3n) is 6.91. The topological polar surface area (TPSA) is 0 Å². The summed E-state index contributed by atoms with van der Waals surface area (Å²) in [4.78, 5) is 0. The van der Waals surface area contributed by atoms with Crippen LogP contribution in [0.4, 0.5) is 0 Å². The molecule has 0 aromatic carbocycles. The fourth-order valence-electron chi connectivity index (χ4n) is 5.49. The van der Waals surface area contributed by atoms with E-state index in [0.29, 0.717) is 5.41 Å². The maximum Gasteiger partial charge on any atom is -0.0169 e. The van der Waals surface area contributed by atoms with Crippen molar-refractivity contribution < 1.29 is 0 Å². The number of hydrogen-bond acceptors (Lipinski definition) is 0. The predicted molar refractivity (Wildman–Crippen MR) is 83.0 cm³/mol. The normalized spacial score (nSPS) is 50.4. The molecule has 0 amide bonds. The summed E-state index contributed by atoms with van der Waals surface area (Å²) in [6.45, 7) is 7.47. The molecule has 106 valence electrons. The summed E-state index contributed by atoms with van der Waals surface area (Å²) in [6.07, 6.45) is 17.1. The van der Waals surface area contributed by atoms with Gasteiger partial charge >= 0.3 is 0 Å². The standard InChI is InChI=1S/C19H30/c1-4-15-8-6-5-7-9-17-16(15)12-13-19(3)14(2)10-11-18(17)19/h5-6,8,14,16-18H,4,7,9-13H2,1-3H3/b6-5-,15-8+. The minimum atomic E-state index is 0.656. The van der Waals surface area contributed by atoms with Gasteiger partial charge in [0, 0.05) is 0 Å². The van der Waals surface area contributed by atoms with Crippen molar-refractivity contribution in [2.75, 3.05) is 0 Å². The summed E-state index contributed by atoms with van der Waals surface area (Å²) in [5, 5.41) is 0. The minimum absolute atomic E-state index is 0.656. The average molecular weight is 258 g/mol. The van der Waals surface area contributed by atoms with E-state index in [1.165, 1.54) is 44.9 Å². The first-order valence-electron chi connectivity index (χ1n) is 8.52. The molecule has 0 aliphatic heterocycles. The van der Waals surface area contributed by atoms with E-state index in [9.17, 15) is 0 Å². The monoisotopic (exact) mass is 258 g/mol. The Morgan fingerprint density at radius 3 is 2.84 bits per heavy atom. The van der Waals surface area contributed by atoms with E-state index >= 15 is 0 Å². The van der Waals surface area contributed by atoms with Crippen LogP contribution in [0.2, 0.25) is 0 Å². The van der Waals surface area contributed by atoms with Crippen LogP contribution in [0.3, 0.4) is 0 Å². The molecule has 3 rings (SSSR count). The van der Waals surface area contributed by atoms with Crippen molar-refractivity contribution in [1.82, 2.24) is 0 Å². The Kier molecular flexibility index (Phi) is 3.62. The molecule has 0 nitrogen and oxygen atoms in total. The van der Waals surface area contributed by atoms with Gasteiger partial charge in [0.2, 0.25) is 0 Å². The highest BCUT2D eigenvalue weighted by molar-refractivity contribution is 5.20. The maximum atomic E-state index is 2.61. The van der Waals surface area contributed by atoms with E-state index in [2.05, 4.69) is 39.0 Å². The summed E-state index contributed by atoms with van der Waals surface area (Å²) >= 11 is 0. The molecule has 5 unspecified atom stereocenters. The van der Waals surface area contributed by atoms with Crippen molar-refractivity contribution in [2.45, 2.75) is 65.7 Å². The van der Waals surface area contributed by atoms with Crippen LogP contribution < -0.4 is 0 Å². The zero-order valence-corrected chi connectivity index (χ0v) is 13.0. The molecule has 0 aromatic heterocycles. The van der Waals surface area contributed by atoms with Gasteiger partial charge in [-0.2, -0.15) is 0 Å². The van der Waals surface area contributed by atoms with Gasteiger partial charge in [0.05, 0.1) is 0 Å².